The summed E-state index contributed by atoms with van der Waals surface area (Å²) >= 11 is 0. The number of urea groups is 1. The molecule has 0 aromatic carbocycles. The SMILES string of the molecule is NC(=O)CCCCNC(=O)NC1CCC(C(=O)O)C1. The van der Waals surface area contributed by atoms with Gasteiger partial charge >= 0.3 is 12.0 Å². The molecule has 1 fully saturated rings. The largest absolute Gasteiger partial charge is 0.481 e. The molecule has 3 amide bonds. The number of carboxylic acid groups (broad SMARTS) is 1. The van der Waals surface area contributed by atoms with E-state index in [1.807, 2.05) is 0 Å². The third-order valence-corrected chi connectivity index (χ3v) is 3.25. The lowest BCUT2D eigenvalue weighted by Crippen LogP contribution is -2.41. The first-order chi connectivity index (χ1) is 8.99. The first kappa shape index (κ1) is 15.3. The predicted molar refractivity (Wildman–Crippen MR) is 68.3 cm³/mol. The highest BCUT2D eigenvalue weighted by atomic mass is 16.4. The molecule has 0 aromatic heterocycles. The van der Waals surface area contributed by atoms with Gasteiger partial charge in [0.25, 0.3) is 0 Å². The molecule has 1 saturated carbocycles. The molecule has 1 rings (SSSR count). The number of amides is 3. The number of rotatable bonds is 7. The fraction of sp³-hybridized carbons (Fsp3) is 0.750. The van der Waals surface area contributed by atoms with Gasteiger partial charge in [-0.15, -0.1) is 0 Å². The lowest BCUT2D eigenvalue weighted by atomic mass is 10.1. The number of hydrogen-bond donors (Lipinski definition) is 4. The van der Waals surface area contributed by atoms with E-state index < -0.39 is 5.97 Å². The van der Waals surface area contributed by atoms with Crippen LogP contribution in [-0.2, 0) is 9.59 Å². The minimum Gasteiger partial charge on any atom is -0.481 e. The van der Waals surface area contributed by atoms with Crippen LogP contribution >= 0.6 is 0 Å². The summed E-state index contributed by atoms with van der Waals surface area (Å²) < 4.78 is 0. The minimum absolute atomic E-state index is 0.0632. The molecule has 0 heterocycles. The van der Waals surface area contributed by atoms with Crippen LogP contribution in [0.2, 0.25) is 0 Å². The monoisotopic (exact) mass is 271 g/mol. The van der Waals surface area contributed by atoms with Crippen LogP contribution in [0.4, 0.5) is 4.79 Å². The summed E-state index contributed by atoms with van der Waals surface area (Å²) in [5.41, 5.74) is 4.99. The number of aliphatic carboxylic acids is 1. The Hall–Kier alpha value is -1.79. The Morgan fingerprint density at radius 3 is 2.53 bits per heavy atom. The van der Waals surface area contributed by atoms with Crippen molar-refractivity contribution < 1.29 is 19.5 Å². The van der Waals surface area contributed by atoms with E-state index >= 15 is 0 Å². The van der Waals surface area contributed by atoms with Crippen molar-refractivity contribution in [2.45, 2.75) is 44.6 Å². The minimum atomic E-state index is -0.795. The van der Waals surface area contributed by atoms with Crippen molar-refractivity contribution in [2.24, 2.45) is 11.7 Å². The molecule has 0 aliphatic heterocycles. The van der Waals surface area contributed by atoms with Crippen LogP contribution in [-0.4, -0.2) is 35.6 Å². The Bertz CT molecular complexity index is 346. The normalized spacial score (nSPS) is 21.9. The van der Waals surface area contributed by atoms with Crippen molar-refractivity contribution in [1.82, 2.24) is 10.6 Å². The fourth-order valence-corrected chi connectivity index (χ4v) is 2.20. The summed E-state index contributed by atoms with van der Waals surface area (Å²) in [6.07, 6.45) is 3.47. The highest BCUT2D eigenvalue weighted by Gasteiger charge is 2.30. The van der Waals surface area contributed by atoms with Crippen LogP contribution in [0.1, 0.15) is 38.5 Å². The number of carboxylic acids is 1. The van der Waals surface area contributed by atoms with E-state index in [0.29, 0.717) is 45.1 Å². The van der Waals surface area contributed by atoms with Crippen LogP contribution in [0.25, 0.3) is 0 Å². The Labute approximate surface area is 111 Å². The molecule has 7 nitrogen and oxygen atoms in total. The van der Waals surface area contributed by atoms with Crippen molar-refractivity contribution >= 4 is 17.9 Å². The zero-order valence-corrected chi connectivity index (χ0v) is 10.9. The van der Waals surface area contributed by atoms with Crippen molar-refractivity contribution in [3.05, 3.63) is 0 Å². The summed E-state index contributed by atoms with van der Waals surface area (Å²) in [6.45, 7) is 0.480. The van der Waals surface area contributed by atoms with Crippen molar-refractivity contribution in [1.29, 1.82) is 0 Å². The van der Waals surface area contributed by atoms with E-state index in [9.17, 15) is 14.4 Å². The topological polar surface area (TPSA) is 122 Å². The van der Waals surface area contributed by atoms with Gasteiger partial charge in [-0.1, -0.05) is 0 Å². The van der Waals surface area contributed by atoms with Gasteiger partial charge in [0.05, 0.1) is 5.92 Å². The highest BCUT2D eigenvalue weighted by molar-refractivity contribution is 5.75. The van der Waals surface area contributed by atoms with Gasteiger partial charge in [0.2, 0.25) is 5.91 Å². The second kappa shape index (κ2) is 7.60. The summed E-state index contributed by atoms with van der Waals surface area (Å²) in [4.78, 5) is 32.8. The number of unbranched alkanes of at least 4 members (excludes halogenated alkanes) is 1. The number of carbonyl (C=O) groups is 3. The molecule has 2 unspecified atom stereocenters. The summed E-state index contributed by atoms with van der Waals surface area (Å²) in [7, 11) is 0. The van der Waals surface area contributed by atoms with E-state index in [2.05, 4.69) is 10.6 Å². The van der Waals surface area contributed by atoms with Gasteiger partial charge < -0.3 is 21.5 Å². The Morgan fingerprint density at radius 2 is 1.95 bits per heavy atom. The average Bonchev–Trinajstić information content (AvgIpc) is 2.76. The molecule has 1 aliphatic rings. The third-order valence-electron chi connectivity index (χ3n) is 3.25. The average molecular weight is 271 g/mol. The highest BCUT2D eigenvalue weighted by Crippen LogP contribution is 2.25. The third kappa shape index (κ3) is 6.08. The molecule has 0 saturated heterocycles. The maximum atomic E-state index is 11.5. The maximum absolute atomic E-state index is 11.5. The number of carbonyl (C=O) groups excluding carboxylic acids is 2. The Morgan fingerprint density at radius 1 is 1.21 bits per heavy atom. The Balaban J connectivity index is 2.08. The van der Waals surface area contributed by atoms with Gasteiger partial charge in [-0.25, -0.2) is 4.79 Å². The maximum Gasteiger partial charge on any atom is 0.315 e. The molecule has 0 spiro atoms. The molecule has 19 heavy (non-hydrogen) atoms. The first-order valence-electron chi connectivity index (χ1n) is 6.54. The van der Waals surface area contributed by atoms with Crippen LogP contribution < -0.4 is 16.4 Å². The number of nitrogens with one attached hydrogen (secondary N) is 2. The molecule has 0 aromatic rings. The zero-order valence-electron chi connectivity index (χ0n) is 10.9. The molecule has 0 bridgehead atoms. The van der Waals surface area contributed by atoms with E-state index in [-0.39, 0.29) is 23.9 Å². The van der Waals surface area contributed by atoms with Gasteiger partial charge in [0, 0.05) is 19.0 Å². The van der Waals surface area contributed by atoms with E-state index in [1.165, 1.54) is 0 Å². The molecule has 7 heteroatoms. The van der Waals surface area contributed by atoms with Crippen LogP contribution in [0.5, 0.6) is 0 Å². The van der Waals surface area contributed by atoms with Gasteiger partial charge in [-0.3, -0.25) is 9.59 Å². The van der Waals surface area contributed by atoms with Crippen LogP contribution in [0.3, 0.4) is 0 Å². The lowest BCUT2D eigenvalue weighted by molar-refractivity contribution is -0.141. The number of hydrogen-bond acceptors (Lipinski definition) is 3. The van der Waals surface area contributed by atoms with Gasteiger partial charge in [0.1, 0.15) is 0 Å². The Kier molecular flexibility index (Phi) is 6.11. The predicted octanol–water partition coefficient (Wildman–Crippen LogP) is 0.194. The molecular formula is C12H21N3O4. The van der Waals surface area contributed by atoms with Crippen molar-refractivity contribution in [3.8, 4) is 0 Å². The standard InChI is InChI=1S/C12H21N3O4/c13-10(16)3-1-2-6-14-12(19)15-9-5-4-8(7-9)11(17)18/h8-9H,1-7H2,(H2,13,16)(H,17,18)(H2,14,15,19). The summed E-state index contributed by atoms with van der Waals surface area (Å²) in [5.74, 6) is -1.48. The molecule has 0 radical (unpaired) electrons. The van der Waals surface area contributed by atoms with Crippen molar-refractivity contribution in [2.75, 3.05) is 6.54 Å². The molecule has 2 atom stereocenters. The van der Waals surface area contributed by atoms with Gasteiger partial charge in [-0.05, 0) is 32.1 Å². The fourth-order valence-electron chi connectivity index (χ4n) is 2.20. The number of primary amides is 1. The van der Waals surface area contributed by atoms with E-state index in [1.54, 1.807) is 0 Å². The quantitative estimate of drug-likeness (QED) is 0.494. The molecular weight excluding hydrogens is 250 g/mol. The summed E-state index contributed by atoms with van der Waals surface area (Å²) in [6, 6.07) is -0.346. The smallest absolute Gasteiger partial charge is 0.315 e. The van der Waals surface area contributed by atoms with Gasteiger partial charge in [0.15, 0.2) is 0 Å². The second-order valence-electron chi connectivity index (χ2n) is 4.87. The molecule has 108 valence electrons. The summed E-state index contributed by atoms with van der Waals surface area (Å²) in [5, 5.41) is 14.3. The van der Waals surface area contributed by atoms with Gasteiger partial charge in [-0.2, -0.15) is 0 Å². The van der Waals surface area contributed by atoms with Crippen LogP contribution in [0.15, 0.2) is 0 Å². The first-order valence-corrected chi connectivity index (χ1v) is 6.54. The van der Waals surface area contributed by atoms with E-state index in [0.717, 1.165) is 0 Å². The van der Waals surface area contributed by atoms with Crippen LogP contribution in [0, 0.1) is 5.92 Å². The second-order valence-corrected chi connectivity index (χ2v) is 4.87. The number of nitrogens with two attached hydrogens (primary N) is 1. The van der Waals surface area contributed by atoms with E-state index in [4.69, 9.17) is 10.8 Å². The molecule has 5 N–H and O–H groups in total. The van der Waals surface area contributed by atoms with Crippen molar-refractivity contribution in [3.63, 3.8) is 0 Å². The zero-order chi connectivity index (χ0) is 14.3. The molecule has 1 aliphatic carbocycles. The lowest BCUT2D eigenvalue weighted by Gasteiger charge is -2.13.